The van der Waals surface area contributed by atoms with Crippen molar-refractivity contribution in [2.24, 2.45) is 0 Å². The lowest BCUT2D eigenvalue weighted by Gasteiger charge is -2.33. The number of hydrogen-bond donors (Lipinski definition) is 1. The molecule has 2 aromatic heterocycles. The summed E-state index contributed by atoms with van der Waals surface area (Å²) in [5.41, 5.74) is 0.993. The second kappa shape index (κ2) is 8.37. The zero-order valence-corrected chi connectivity index (χ0v) is 16.7. The maximum absolute atomic E-state index is 13.2. The van der Waals surface area contributed by atoms with E-state index in [1.165, 1.54) is 29.4 Å². The molecule has 31 heavy (non-hydrogen) atoms. The van der Waals surface area contributed by atoms with E-state index in [0.29, 0.717) is 30.8 Å². The van der Waals surface area contributed by atoms with Gasteiger partial charge in [-0.15, -0.1) is 0 Å². The molecule has 4 rings (SSSR count). The van der Waals surface area contributed by atoms with Gasteiger partial charge in [-0.05, 0) is 31.9 Å². The number of hydrogen-bond acceptors (Lipinski definition) is 5. The summed E-state index contributed by atoms with van der Waals surface area (Å²) in [6.07, 6.45) is -0.0150. The first kappa shape index (κ1) is 20.8. The quantitative estimate of drug-likeness (QED) is 0.640. The lowest BCUT2D eigenvalue weighted by atomic mass is 9.91. The number of para-hydroxylation sites is 1. The minimum absolute atomic E-state index is 0.110. The molecule has 1 fully saturated rings. The lowest BCUT2D eigenvalue weighted by molar-refractivity contribution is -0.136. The van der Waals surface area contributed by atoms with Crippen LogP contribution in [0.25, 0.3) is 11.3 Å². The highest BCUT2D eigenvalue weighted by atomic mass is 19.4. The van der Waals surface area contributed by atoms with Gasteiger partial charge in [-0.1, -0.05) is 17.3 Å². The molecule has 0 bridgehead atoms. The van der Waals surface area contributed by atoms with Crippen LogP contribution in [-0.2, 0) is 6.18 Å². The Hall–Kier alpha value is -3.43. The van der Waals surface area contributed by atoms with Crippen LogP contribution in [-0.4, -0.2) is 39.1 Å². The van der Waals surface area contributed by atoms with Crippen LogP contribution in [0.2, 0.25) is 0 Å². The van der Waals surface area contributed by atoms with Crippen LogP contribution in [0.15, 0.2) is 47.4 Å². The number of carbonyl (C=O) groups excluding carboxylic acids is 1. The number of nitrogens with zero attached hydrogens (tertiary/aromatic N) is 4. The molecule has 3 aromatic rings. The summed E-state index contributed by atoms with van der Waals surface area (Å²) in [4.78, 5) is 22.8. The van der Waals surface area contributed by atoms with Crippen molar-refractivity contribution in [3.63, 3.8) is 0 Å². The number of anilines is 1. The number of benzene rings is 1. The number of amides is 2. The van der Waals surface area contributed by atoms with Crippen molar-refractivity contribution in [2.45, 2.75) is 31.9 Å². The average molecular weight is 431 g/mol. The normalized spacial score (nSPS) is 16.9. The fraction of sp³-hybridized carbons (Fsp3) is 0.333. The van der Waals surface area contributed by atoms with Gasteiger partial charge in [-0.25, -0.2) is 14.8 Å². The summed E-state index contributed by atoms with van der Waals surface area (Å²) in [6.45, 7) is 2.57. The zero-order valence-electron chi connectivity index (χ0n) is 16.7. The van der Waals surface area contributed by atoms with Crippen LogP contribution < -0.4 is 5.32 Å². The van der Waals surface area contributed by atoms with Gasteiger partial charge in [0.2, 0.25) is 0 Å². The van der Waals surface area contributed by atoms with Gasteiger partial charge < -0.3 is 14.7 Å². The van der Waals surface area contributed by atoms with E-state index in [-0.39, 0.29) is 11.6 Å². The molecule has 7 nitrogen and oxygen atoms in total. The first-order chi connectivity index (χ1) is 14.8. The largest absolute Gasteiger partial charge is 0.418 e. The molecule has 10 heteroatoms. The summed E-state index contributed by atoms with van der Waals surface area (Å²) in [5, 5.41) is 6.31. The summed E-state index contributed by atoms with van der Waals surface area (Å²) < 4.78 is 45.1. The standard InChI is InChI=1S/C21H20F3N5O2/c1-13-9-18(31-28-13)15-10-25-12-26-19(15)14-5-4-8-29(11-14)20(30)27-17-7-3-2-6-16(17)21(22,23)24/h2-3,6-7,9-10,12,14H,4-5,8,11H2,1H3,(H,27,30). The Labute approximate surface area is 176 Å². The first-order valence-electron chi connectivity index (χ1n) is 9.78. The molecule has 1 unspecified atom stereocenters. The highest BCUT2D eigenvalue weighted by Crippen LogP contribution is 2.36. The molecule has 3 heterocycles. The van der Waals surface area contributed by atoms with Gasteiger partial charge in [0.25, 0.3) is 0 Å². The van der Waals surface area contributed by atoms with E-state index >= 15 is 0 Å². The lowest BCUT2D eigenvalue weighted by Crippen LogP contribution is -2.42. The number of rotatable bonds is 3. The molecular weight excluding hydrogens is 411 g/mol. The van der Waals surface area contributed by atoms with E-state index in [9.17, 15) is 18.0 Å². The summed E-state index contributed by atoms with van der Waals surface area (Å²) in [6, 6.07) is 6.14. The van der Waals surface area contributed by atoms with Crippen molar-refractivity contribution in [2.75, 3.05) is 18.4 Å². The molecule has 0 radical (unpaired) electrons. The molecule has 2 amide bonds. The van der Waals surface area contributed by atoms with Crippen LogP contribution in [0.4, 0.5) is 23.7 Å². The molecule has 1 aliphatic rings. The Morgan fingerprint density at radius 3 is 2.84 bits per heavy atom. The third-order valence-corrected chi connectivity index (χ3v) is 5.21. The molecule has 1 N–H and O–H groups in total. The maximum atomic E-state index is 13.2. The van der Waals surface area contributed by atoms with Crippen LogP contribution in [0, 0.1) is 6.92 Å². The summed E-state index contributed by atoms with van der Waals surface area (Å²) in [5.74, 6) is 0.426. The molecule has 0 aliphatic carbocycles. The maximum Gasteiger partial charge on any atom is 0.418 e. The fourth-order valence-electron chi connectivity index (χ4n) is 3.76. The smallest absolute Gasteiger partial charge is 0.356 e. The number of aromatic nitrogens is 3. The molecule has 1 aromatic carbocycles. The van der Waals surface area contributed by atoms with E-state index in [2.05, 4.69) is 20.4 Å². The number of alkyl halides is 3. The van der Waals surface area contributed by atoms with Gasteiger partial charge in [-0.3, -0.25) is 0 Å². The van der Waals surface area contributed by atoms with Gasteiger partial charge in [0, 0.05) is 31.3 Å². The van der Waals surface area contributed by atoms with Crippen molar-refractivity contribution in [1.82, 2.24) is 20.0 Å². The molecule has 1 saturated heterocycles. The molecule has 0 spiro atoms. The number of halogens is 3. The minimum Gasteiger partial charge on any atom is -0.356 e. The SMILES string of the molecule is Cc1cc(-c2cncnc2C2CCCN(C(=O)Nc3ccccc3C(F)(F)F)C2)on1. The third kappa shape index (κ3) is 4.52. The second-order valence-corrected chi connectivity index (χ2v) is 7.41. The van der Waals surface area contributed by atoms with E-state index in [0.717, 1.165) is 23.9 Å². The third-order valence-electron chi connectivity index (χ3n) is 5.21. The van der Waals surface area contributed by atoms with E-state index in [4.69, 9.17) is 4.52 Å². The summed E-state index contributed by atoms with van der Waals surface area (Å²) >= 11 is 0. The van der Waals surface area contributed by atoms with Crippen molar-refractivity contribution in [3.8, 4) is 11.3 Å². The number of urea groups is 1. The van der Waals surface area contributed by atoms with E-state index in [1.54, 1.807) is 12.3 Å². The van der Waals surface area contributed by atoms with Crippen molar-refractivity contribution in [3.05, 3.63) is 59.8 Å². The Balaban J connectivity index is 1.54. The highest BCUT2D eigenvalue weighted by Gasteiger charge is 2.34. The van der Waals surface area contributed by atoms with Gasteiger partial charge >= 0.3 is 12.2 Å². The molecular formula is C21H20F3N5O2. The fourth-order valence-corrected chi connectivity index (χ4v) is 3.76. The van der Waals surface area contributed by atoms with Crippen LogP contribution in [0.3, 0.4) is 0 Å². The Kier molecular flexibility index (Phi) is 5.62. The number of carbonyl (C=O) groups is 1. The summed E-state index contributed by atoms with van der Waals surface area (Å²) in [7, 11) is 0. The Morgan fingerprint density at radius 2 is 2.10 bits per heavy atom. The molecule has 162 valence electrons. The predicted octanol–water partition coefficient (Wildman–Crippen LogP) is 4.87. The topological polar surface area (TPSA) is 84.2 Å². The van der Waals surface area contributed by atoms with Gasteiger partial charge in [0.1, 0.15) is 6.33 Å². The molecule has 1 atom stereocenters. The van der Waals surface area contributed by atoms with Crippen molar-refractivity contribution in [1.29, 1.82) is 0 Å². The highest BCUT2D eigenvalue weighted by molar-refractivity contribution is 5.90. The predicted molar refractivity (Wildman–Crippen MR) is 106 cm³/mol. The van der Waals surface area contributed by atoms with Crippen molar-refractivity contribution < 1.29 is 22.5 Å². The Bertz CT molecular complexity index is 1080. The first-order valence-corrected chi connectivity index (χ1v) is 9.78. The number of aryl methyl sites for hydroxylation is 1. The average Bonchev–Trinajstić information content (AvgIpc) is 3.19. The molecule has 0 saturated carbocycles. The van der Waals surface area contributed by atoms with Crippen LogP contribution in [0.1, 0.15) is 35.7 Å². The van der Waals surface area contributed by atoms with Gasteiger partial charge in [0.15, 0.2) is 5.76 Å². The minimum atomic E-state index is -4.56. The van der Waals surface area contributed by atoms with Gasteiger partial charge in [-0.2, -0.15) is 13.2 Å². The van der Waals surface area contributed by atoms with Crippen LogP contribution in [0.5, 0.6) is 0 Å². The number of nitrogens with one attached hydrogen (secondary N) is 1. The second-order valence-electron chi connectivity index (χ2n) is 7.41. The monoisotopic (exact) mass is 431 g/mol. The Morgan fingerprint density at radius 1 is 1.29 bits per heavy atom. The van der Waals surface area contributed by atoms with Gasteiger partial charge in [0.05, 0.1) is 28.2 Å². The number of likely N-dealkylation sites (tertiary alicyclic amines) is 1. The van der Waals surface area contributed by atoms with E-state index < -0.39 is 17.8 Å². The molecule has 1 aliphatic heterocycles. The van der Waals surface area contributed by atoms with Crippen molar-refractivity contribution >= 4 is 11.7 Å². The number of piperidine rings is 1. The van der Waals surface area contributed by atoms with Crippen LogP contribution >= 0.6 is 0 Å². The van der Waals surface area contributed by atoms with E-state index in [1.807, 2.05) is 6.92 Å². The zero-order chi connectivity index (χ0) is 22.0.